The Morgan fingerprint density at radius 2 is 1.85 bits per heavy atom. The van der Waals surface area contributed by atoms with Gasteiger partial charge in [0.2, 0.25) is 0 Å². The number of ether oxygens (including phenoxy) is 4. The van der Waals surface area contributed by atoms with Gasteiger partial charge in [-0.05, 0) is 24.6 Å². The van der Waals surface area contributed by atoms with Crippen LogP contribution in [0.5, 0.6) is 17.2 Å². The quantitative estimate of drug-likeness (QED) is 0.426. The first-order valence-electron chi connectivity index (χ1n) is 10.7. The number of nitrogens with one attached hydrogen (secondary N) is 1. The fourth-order valence-electron chi connectivity index (χ4n) is 3.77. The third-order valence-electron chi connectivity index (χ3n) is 5.47. The highest BCUT2D eigenvalue weighted by atomic mass is 16.6. The lowest BCUT2D eigenvalue weighted by molar-refractivity contribution is -0.385. The van der Waals surface area contributed by atoms with E-state index in [1.165, 1.54) is 19.2 Å². The number of carbonyl (C=O) groups is 1. The van der Waals surface area contributed by atoms with Gasteiger partial charge in [0, 0.05) is 25.7 Å². The van der Waals surface area contributed by atoms with Crippen molar-refractivity contribution in [3.05, 3.63) is 57.6 Å². The zero-order chi connectivity index (χ0) is 23.8. The van der Waals surface area contributed by atoms with Crippen molar-refractivity contribution in [2.24, 2.45) is 0 Å². The number of nitro benzene ring substituents is 1. The molecule has 1 fully saturated rings. The van der Waals surface area contributed by atoms with E-state index >= 15 is 0 Å². The van der Waals surface area contributed by atoms with Crippen LogP contribution in [-0.2, 0) is 4.74 Å². The number of hydrogen-bond acceptors (Lipinski definition) is 8. The molecule has 10 nitrogen and oxygen atoms in total. The molecular formula is C23H29N3O7. The number of nitro groups is 1. The van der Waals surface area contributed by atoms with Crippen LogP contribution in [0.4, 0.5) is 5.69 Å². The van der Waals surface area contributed by atoms with Crippen molar-refractivity contribution in [1.82, 2.24) is 10.2 Å². The predicted molar refractivity (Wildman–Crippen MR) is 121 cm³/mol. The molecule has 1 aliphatic heterocycles. The SMILES string of the molecule is CCOc1cc([N+](=O)[O-])c(C(=O)NCC(c2ccc(OC)cc2)N2CCOCC2)cc1OC. The summed E-state index contributed by atoms with van der Waals surface area (Å²) in [4.78, 5) is 26.3. The Balaban J connectivity index is 1.85. The molecule has 2 aromatic rings. The van der Waals surface area contributed by atoms with Crippen LogP contribution in [0.3, 0.4) is 0 Å². The summed E-state index contributed by atoms with van der Waals surface area (Å²) < 4.78 is 21.4. The molecule has 1 N–H and O–H groups in total. The van der Waals surface area contributed by atoms with E-state index in [1.54, 1.807) is 14.0 Å². The van der Waals surface area contributed by atoms with Crippen molar-refractivity contribution >= 4 is 11.6 Å². The van der Waals surface area contributed by atoms with Gasteiger partial charge in [-0.25, -0.2) is 0 Å². The Kier molecular flexibility index (Phi) is 8.45. The van der Waals surface area contributed by atoms with Gasteiger partial charge in [0.25, 0.3) is 11.6 Å². The van der Waals surface area contributed by atoms with Crippen LogP contribution < -0.4 is 19.5 Å². The third-order valence-corrected chi connectivity index (χ3v) is 5.47. The van der Waals surface area contributed by atoms with Gasteiger partial charge in [-0.3, -0.25) is 19.8 Å². The van der Waals surface area contributed by atoms with Crippen molar-refractivity contribution in [2.45, 2.75) is 13.0 Å². The molecule has 3 rings (SSSR count). The largest absolute Gasteiger partial charge is 0.497 e. The number of methoxy groups -OCH3 is 2. The van der Waals surface area contributed by atoms with Gasteiger partial charge in [-0.1, -0.05) is 12.1 Å². The molecule has 10 heteroatoms. The molecule has 1 aliphatic rings. The number of benzene rings is 2. The zero-order valence-corrected chi connectivity index (χ0v) is 19.0. The maximum Gasteiger partial charge on any atom is 0.286 e. The van der Waals surface area contributed by atoms with Crippen LogP contribution in [0.1, 0.15) is 28.9 Å². The standard InChI is InChI=1S/C23H29N3O7/c1-4-33-22-14-19(26(28)29)18(13-21(22)31-3)23(27)24-15-20(25-9-11-32-12-10-25)16-5-7-17(30-2)8-6-16/h5-8,13-14,20H,4,9-12,15H2,1-3H3,(H,24,27). The maximum absolute atomic E-state index is 13.1. The third kappa shape index (κ3) is 5.91. The average molecular weight is 459 g/mol. The Morgan fingerprint density at radius 3 is 2.42 bits per heavy atom. The highest BCUT2D eigenvalue weighted by Gasteiger charge is 2.27. The zero-order valence-electron chi connectivity index (χ0n) is 19.0. The summed E-state index contributed by atoms with van der Waals surface area (Å²) in [6.45, 7) is 4.95. The molecule has 1 heterocycles. The first-order valence-corrected chi connectivity index (χ1v) is 10.7. The Hall–Kier alpha value is -3.37. The van der Waals surface area contributed by atoms with E-state index < -0.39 is 10.8 Å². The van der Waals surface area contributed by atoms with Crippen LogP contribution in [0.25, 0.3) is 0 Å². The Morgan fingerprint density at radius 1 is 1.15 bits per heavy atom. The lowest BCUT2D eigenvalue weighted by Gasteiger charge is -2.35. The molecule has 0 radical (unpaired) electrons. The minimum atomic E-state index is -0.597. The molecule has 1 atom stereocenters. The molecule has 0 bridgehead atoms. The molecule has 1 unspecified atom stereocenters. The molecule has 178 valence electrons. The Labute approximate surface area is 192 Å². The fraction of sp³-hybridized carbons (Fsp3) is 0.435. The van der Waals surface area contributed by atoms with E-state index in [0.29, 0.717) is 32.9 Å². The van der Waals surface area contributed by atoms with E-state index in [4.69, 9.17) is 18.9 Å². The highest BCUT2D eigenvalue weighted by Crippen LogP contribution is 2.35. The molecule has 33 heavy (non-hydrogen) atoms. The lowest BCUT2D eigenvalue weighted by atomic mass is 10.0. The van der Waals surface area contributed by atoms with Gasteiger partial charge in [0.15, 0.2) is 11.5 Å². The van der Waals surface area contributed by atoms with Crippen molar-refractivity contribution < 1.29 is 28.7 Å². The monoisotopic (exact) mass is 459 g/mol. The molecule has 0 spiro atoms. The van der Waals surface area contributed by atoms with E-state index in [2.05, 4.69) is 10.2 Å². The molecule has 0 aromatic heterocycles. The van der Waals surface area contributed by atoms with E-state index in [9.17, 15) is 14.9 Å². The number of morpholine rings is 1. The van der Waals surface area contributed by atoms with Crippen LogP contribution >= 0.6 is 0 Å². The first-order chi connectivity index (χ1) is 16.0. The summed E-state index contributed by atoms with van der Waals surface area (Å²) in [5.74, 6) is 0.649. The Bertz CT molecular complexity index is 959. The van der Waals surface area contributed by atoms with Gasteiger partial charge in [-0.2, -0.15) is 0 Å². The number of amides is 1. The predicted octanol–water partition coefficient (Wildman–Crippen LogP) is 2.81. The first kappa shape index (κ1) is 24.3. The summed E-state index contributed by atoms with van der Waals surface area (Å²) in [6, 6.07) is 10.1. The summed E-state index contributed by atoms with van der Waals surface area (Å²) in [5, 5.41) is 14.5. The summed E-state index contributed by atoms with van der Waals surface area (Å²) in [7, 11) is 3.02. The van der Waals surface area contributed by atoms with Crippen LogP contribution in [0, 0.1) is 10.1 Å². The molecule has 0 saturated carbocycles. The second-order valence-electron chi connectivity index (χ2n) is 7.36. The minimum Gasteiger partial charge on any atom is -0.497 e. The van der Waals surface area contributed by atoms with Crippen molar-refractivity contribution in [3.63, 3.8) is 0 Å². The van der Waals surface area contributed by atoms with E-state index in [0.717, 1.165) is 11.3 Å². The second-order valence-corrected chi connectivity index (χ2v) is 7.36. The number of rotatable bonds is 10. The molecule has 0 aliphatic carbocycles. The van der Waals surface area contributed by atoms with Gasteiger partial charge in [0.1, 0.15) is 11.3 Å². The number of hydrogen-bond donors (Lipinski definition) is 1. The number of nitrogens with zero attached hydrogens (tertiary/aromatic N) is 2. The lowest BCUT2D eigenvalue weighted by Crippen LogP contribution is -2.43. The van der Waals surface area contributed by atoms with Crippen LogP contribution in [0.2, 0.25) is 0 Å². The van der Waals surface area contributed by atoms with Gasteiger partial charge in [0.05, 0.1) is 51.1 Å². The van der Waals surface area contributed by atoms with Gasteiger partial charge < -0.3 is 24.3 Å². The van der Waals surface area contributed by atoms with Gasteiger partial charge >= 0.3 is 0 Å². The van der Waals surface area contributed by atoms with E-state index in [1.807, 2.05) is 24.3 Å². The molecular weight excluding hydrogens is 430 g/mol. The second kappa shape index (κ2) is 11.5. The smallest absolute Gasteiger partial charge is 0.286 e. The van der Waals surface area contributed by atoms with Gasteiger partial charge in [-0.15, -0.1) is 0 Å². The average Bonchev–Trinajstić information content (AvgIpc) is 2.85. The normalized spacial score (nSPS) is 14.9. The molecule has 2 aromatic carbocycles. The summed E-state index contributed by atoms with van der Waals surface area (Å²) in [6.07, 6.45) is 0. The molecule has 1 amide bonds. The van der Waals surface area contributed by atoms with E-state index in [-0.39, 0.29) is 35.3 Å². The number of carbonyl (C=O) groups excluding carboxylic acids is 1. The summed E-state index contributed by atoms with van der Waals surface area (Å²) in [5.41, 5.74) is 0.566. The van der Waals surface area contributed by atoms with Crippen LogP contribution in [-0.4, -0.2) is 69.4 Å². The highest BCUT2D eigenvalue weighted by molar-refractivity contribution is 5.99. The minimum absolute atomic E-state index is 0.0873. The maximum atomic E-state index is 13.1. The van der Waals surface area contributed by atoms with Crippen molar-refractivity contribution in [2.75, 3.05) is 53.7 Å². The van der Waals surface area contributed by atoms with Crippen molar-refractivity contribution in [3.8, 4) is 17.2 Å². The molecule has 1 saturated heterocycles. The topological polar surface area (TPSA) is 112 Å². The van der Waals surface area contributed by atoms with Crippen LogP contribution in [0.15, 0.2) is 36.4 Å². The summed E-state index contributed by atoms with van der Waals surface area (Å²) >= 11 is 0. The van der Waals surface area contributed by atoms with Crippen molar-refractivity contribution in [1.29, 1.82) is 0 Å². The fourth-order valence-corrected chi connectivity index (χ4v) is 3.77.